The summed E-state index contributed by atoms with van der Waals surface area (Å²) in [6.45, 7) is 2.69. The van der Waals surface area contributed by atoms with Gasteiger partial charge in [-0.05, 0) is 49.3 Å². The van der Waals surface area contributed by atoms with Gasteiger partial charge in [0.05, 0.1) is 11.2 Å². The van der Waals surface area contributed by atoms with Gasteiger partial charge in [-0.1, -0.05) is 42.5 Å². The van der Waals surface area contributed by atoms with Crippen LogP contribution in [0.1, 0.15) is 28.9 Å². The summed E-state index contributed by atoms with van der Waals surface area (Å²) in [6, 6.07) is 17.8. The molecular formula is C23H23BN4O2. The summed E-state index contributed by atoms with van der Waals surface area (Å²) in [5.41, 5.74) is 5.80. The van der Waals surface area contributed by atoms with Crippen molar-refractivity contribution >= 4 is 29.3 Å². The molecule has 4 aromatic rings. The summed E-state index contributed by atoms with van der Waals surface area (Å²) < 4.78 is 1.99. The summed E-state index contributed by atoms with van der Waals surface area (Å²) in [6.07, 6.45) is 3.02. The average molecular weight is 398 g/mol. The van der Waals surface area contributed by atoms with Crippen molar-refractivity contribution in [3.05, 3.63) is 77.1 Å². The fourth-order valence-electron chi connectivity index (χ4n) is 4.32. The van der Waals surface area contributed by atoms with Crippen LogP contribution in [0.4, 0.5) is 5.82 Å². The molecule has 30 heavy (non-hydrogen) atoms. The highest BCUT2D eigenvalue weighted by atomic mass is 16.4. The number of aryl methyl sites for hydroxylation is 2. The van der Waals surface area contributed by atoms with Crippen LogP contribution in [0.2, 0.25) is 0 Å². The molecule has 2 aromatic heterocycles. The molecule has 1 aliphatic carbocycles. The van der Waals surface area contributed by atoms with Crippen LogP contribution in [0.3, 0.4) is 0 Å². The number of hydrogen-bond acceptors (Lipinski definition) is 5. The Hall–Kier alpha value is -3.16. The molecule has 0 spiro atoms. The maximum absolute atomic E-state index is 9.75. The van der Waals surface area contributed by atoms with Crippen molar-refractivity contribution in [2.24, 2.45) is 0 Å². The molecule has 3 N–H and O–H groups in total. The molecule has 2 heterocycles. The third kappa shape index (κ3) is 3.26. The average Bonchev–Trinajstić information content (AvgIpc) is 3.35. The predicted octanol–water partition coefficient (Wildman–Crippen LogP) is 2.51. The highest BCUT2D eigenvalue weighted by Gasteiger charge is 2.23. The fraction of sp³-hybridized carbons (Fsp3) is 0.217. The van der Waals surface area contributed by atoms with Gasteiger partial charge in [0.25, 0.3) is 0 Å². The van der Waals surface area contributed by atoms with Gasteiger partial charge >= 0.3 is 7.12 Å². The second kappa shape index (κ2) is 7.59. The Kier molecular flexibility index (Phi) is 4.77. The van der Waals surface area contributed by atoms with Crippen molar-refractivity contribution in [2.75, 3.05) is 5.32 Å². The van der Waals surface area contributed by atoms with Gasteiger partial charge in [0.15, 0.2) is 0 Å². The minimum atomic E-state index is -1.52. The van der Waals surface area contributed by atoms with E-state index in [2.05, 4.69) is 17.4 Å². The second-order valence-electron chi connectivity index (χ2n) is 7.77. The van der Waals surface area contributed by atoms with Crippen LogP contribution in [0.15, 0.2) is 54.6 Å². The maximum atomic E-state index is 9.75. The summed E-state index contributed by atoms with van der Waals surface area (Å²) >= 11 is 0. The number of aromatic nitrogens is 3. The first-order chi connectivity index (χ1) is 14.6. The highest BCUT2D eigenvalue weighted by Crippen LogP contribution is 2.29. The van der Waals surface area contributed by atoms with Crippen LogP contribution in [0.5, 0.6) is 0 Å². The van der Waals surface area contributed by atoms with E-state index in [-0.39, 0.29) is 0 Å². The van der Waals surface area contributed by atoms with Crippen molar-refractivity contribution in [3.63, 3.8) is 0 Å². The van der Waals surface area contributed by atoms with Crippen LogP contribution in [-0.4, -0.2) is 31.7 Å². The van der Waals surface area contributed by atoms with Crippen LogP contribution in [0, 0.1) is 6.92 Å². The van der Waals surface area contributed by atoms with Crippen molar-refractivity contribution in [2.45, 2.75) is 32.7 Å². The minimum Gasteiger partial charge on any atom is -0.423 e. The van der Waals surface area contributed by atoms with Gasteiger partial charge in [-0.15, -0.1) is 0 Å². The smallest absolute Gasteiger partial charge is 0.423 e. The number of nitrogens with zero attached hydrogens (tertiary/aromatic N) is 3. The van der Waals surface area contributed by atoms with Gasteiger partial charge in [0.1, 0.15) is 5.82 Å². The molecule has 5 rings (SSSR count). The standard InChI is InChI=1S/C23H23BN4O2/c1-15-13-18-19(24(29)30)10-6-12-21(18)28(15)23-26-20-11-5-9-17(20)22(27-23)25-14-16-7-3-2-4-8-16/h2-4,6-8,10,12-13,29-30H,5,9,11,14H2,1H3,(H,25,26,27). The largest absolute Gasteiger partial charge is 0.489 e. The normalized spacial score (nSPS) is 12.9. The van der Waals surface area contributed by atoms with Gasteiger partial charge in [-0.2, -0.15) is 4.98 Å². The summed E-state index contributed by atoms with van der Waals surface area (Å²) in [7, 11) is -1.52. The minimum absolute atomic E-state index is 0.484. The number of nitrogens with one attached hydrogen (secondary N) is 1. The van der Waals surface area contributed by atoms with E-state index in [9.17, 15) is 10.0 Å². The van der Waals surface area contributed by atoms with Crippen LogP contribution in [-0.2, 0) is 19.4 Å². The molecule has 0 bridgehead atoms. The Morgan fingerprint density at radius 2 is 1.87 bits per heavy atom. The molecule has 2 aromatic carbocycles. The molecule has 1 aliphatic rings. The van der Waals surface area contributed by atoms with E-state index in [0.29, 0.717) is 18.0 Å². The lowest BCUT2D eigenvalue weighted by Crippen LogP contribution is -2.30. The second-order valence-corrected chi connectivity index (χ2v) is 7.77. The third-order valence-corrected chi connectivity index (χ3v) is 5.77. The summed E-state index contributed by atoms with van der Waals surface area (Å²) in [5, 5.41) is 23.8. The van der Waals surface area contributed by atoms with E-state index in [1.165, 1.54) is 11.1 Å². The van der Waals surface area contributed by atoms with Crippen molar-refractivity contribution in [1.29, 1.82) is 0 Å². The molecule has 0 radical (unpaired) electrons. The van der Waals surface area contributed by atoms with Crippen LogP contribution >= 0.6 is 0 Å². The SMILES string of the molecule is Cc1cc2c(B(O)O)cccc2n1-c1nc2c(c(NCc3ccccc3)n1)CCC2. The lowest BCUT2D eigenvalue weighted by Gasteiger charge is -2.14. The maximum Gasteiger partial charge on any atom is 0.489 e. The zero-order chi connectivity index (χ0) is 20.7. The molecule has 0 fully saturated rings. The number of rotatable bonds is 5. The number of hydrogen-bond donors (Lipinski definition) is 3. The Morgan fingerprint density at radius 3 is 2.67 bits per heavy atom. The zero-order valence-electron chi connectivity index (χ0n) is 16.8. The molecule has 0 saturated heterocycles. The summed E-state index contributed by atoms with van der Waals surface area (Å²) in [4.78, 5) is 9.79. The van der Waals surface area contributed by atoms with E-state index in [1.54, 1.807) is 6.07 Å². The number of anilines is 1. The first-order valence-electron chi connectivity index (χ1n) is 10.3. The van der Waals surface area contributed by atoms with E-state index >= 15 is 0 Å². The van der Waals surface area contributed by atoms with Crippen molar-refractivity contribution in [1.82, 2.24) is 14.5 Å². The number of benzene rings is 2. The van der Waals surface area contributed by atoms with E-state index in [4.69, 9.17) is 9.97 Å². The summed E-state index contributed by atoms with van der Waals surface area (Å²) in [5.74, 6) is 1.50. The molecule has 150 valence electrons. The van der Waals surface area contributed by atoms with E-state index < -0.39 is 7.12 Å². The lowest BCUT2D eigenvalue weighted by atomic mass is 9.78. The third-order valence-electron chi connectivity index (χ3n) is 5.77. The zero-order valence-corrected chi connectivity index (χ0v) is 16.8. The molecule has 0 atom stereocenters. The van der Waals surface area contributed by atoms with Crippen LogP contribution < -0.4 is 10.8 Å². The fourth-order valence-corrected chi connectivity index (χ4v) is 4.32. The number of fused-ring (bicyclic) bond motifs is 2. The van der Waals surface area contributed by atoms with Gasteiger partial charge in [-0.3, -0.25) is 4.57 Å². The predicted molar refractivity (Wildman–Crippen MR) is 119 cm³/mol. The van der Waals surface area contributed by atoms with E-state index in [1.807, 2.05) is 47.9 Å². The molecular weight excluding hydrogens is 375 g/mol. The Labute approximate surface area is 175 Å². The topological polar surface area (TPSA) is 83.2 Å². The molecule has 7 heteroatoms. The Balaban J connectivity index is 1.60. The highest BCUT2D eigenvalue weighted by molar-refractivity contribution is 6.61. The van der Waals surface area contributed by atoms with Gasteiger partial charge in [-0.25, -0.2) is 4.98 Å². The van der Waals surface area contributed by atoms with Crippen molar-refractivity contribution < 1.29 is 10.0 Å². The first kappa shape index (κ1) is 18.8. The Morgan fingerprint density at radius 1 is 1.03 bits per heavy atom. The monoisotopic (exact) mass is 398 g/mol. The van der Waals surface area contributed by atoms with E-state index in [0.717, 1.165) is 47.4 Å². The van der Waals surface area contributed by atoms with Gasteiger partial charge in [0, 0.05) is 23.2 Å². The molecule has 0 aliphatic heterocycles. The van der Waals surface area contributed by atoms with Crippen molar-refractivity contribution in [3.8, 4) is 5.95 Å². The molecule has 0 unspecified atom stereocenters. The lowest BCUT2D eigenvalue weighted by molar-refractivity contribution is 0.426. The Bertz CT molecular complexity index is 1220. The molecule has 0 amide bonds. The molecule has 6 nitrogen and oxygen atoms in total. The quantitative estimate of drug-likeness (QED) is 0.450. The van der Waals surface area contributed by atoms with Gasteiger partial charge in [0.2, 0.25) is 5.95 Å². The molecule has 0 saturated carbocycles. The van der Waals surface area contributed by atoms with Crippen LogP contribution in [0.25, 0.3) is 16.9 Å². The first-order valence-corrected chi connectivity index (χ1v) is 10.3. The van der Waals surface area contributed by atoms with Gasteiger partial charge < -0.3 is 15.4 Å².